The van der Waals surface area contributed by atoms with E-state index in [1.165, 1.54) is 6.07 Å². The van der Waals surface area contributed by atoms with E-state index in [4.69, 9.17) is 22.8 Å². The predicted octanol–water partition coefficient (Wildman–Crippen LogP) is 4.10. The Labute approximate surface area is 122 Å². The molecule has 20 heavy (non-hydrogen) atoms. The molecule has 0 saturated carbocycles. The van der Waals surface area contributed by atoms with Crippen molar-refractivity contribution in [1.29, 1.82) is 0 Å². The van der Waals surface area contributed by atoms with Crippen LogP contribution in [0.15, 0.2) is 42.5 Å². The zero-order chi connectivity index (χ0) is 14.4. The van der Waals surface area contributed by atoms with Crippen LogP contribution in [0.3, 0.4) is 0 Å². The highest BCUT2D eigenvalue weighted by Gasteiger charge is 2.04. The maximum Gasteiger partial charge on any atom is 0.148 e. The lowest BCUT2D eigenvalue weighted by Crippen LogP contribution is -2.03. The molecule has 0 bridgehead atoms. The van der Waals surface area contributed by atoms with Crippen LogP contribution in [0.5, 0.6) is 5.75 Å². The van der Waals surface area contributed by atoms with Gasteiger partial charge in [0.2, 0.25) is 0 Å². The molecule has 2 aromatic rings. The van der Waals surface area contributed by atoms with Gasteiger partial charge < -0.3 is 10.1 Å². The molecule has 0 aromatic heterocycles. The van der Waals surface area contributed by atoms with Gasteiger partial charge in [-0.05, 0) is 24.3 Å². The van der Waals surface area contributed by atoms with E-state index in [-0.39, 0.29) is 11.6 Å². The summed E-state index contributed by atoms with van der Waals surface area (Å²) in [6.07, 6.45) is 5.18. The minimum absolute atomic E-state index is 0.0897. The molecule has 0 radical (unpaired) electrons. The molecule has 0 heterocycles. The van der Waals surface area contributed by atoms with E-state index in [2.05, 4.69) is 11.2 Å². The minimum Gasteiger partial charge on any atom is -0.481 e. The molecule has 0 fully saturated rings. The second-order valence-corrected chi connectivity index (χ2v) is 4.49. The van der Waals surface area contributed by atoms with Gasteiger partial charge in [0.25, 0.3) is 0 Å². The molecule has 2 aromatic carbocycles. The normalized spacial score (nSPS) is 9.85. The van der Waals surface area contributed by atoms with Crippen LogP contribution in [-0.4, -0.2) is 6.61 Å². The van der Waals surface area contributed by atoms with Crippen molar-refractivity contribution in [3.05, 3.63) is 58.9 Å². The van der Waals surface area contributed by atoms with Gasteiger partial charge >= 0.3 is 0 Å². The number of hydrogen-bond acceptors (Lipinski definition) is 2. The number of halogens is 2. The highest BCUT2D eigenvalue weighted by atomic mass is 35.5. The molecular formula is C16H13ClFNO. The fraction of sp³-hybridized carbons (Fsp3) is 0.125. The van der Waals surface area contributed by atoms with Gasteiger partial charge in [-0.3, -0.25) is 0 Å². The highest BCUT2D eigenvalue weighted by molar-refractivity contribution is 6.31. The van der Waals surface area contributed by atoms with Gasteiger partial charge in [0.15, 0.2) is 0 Å². The van der Waals surface area contributed by atoms with Crippen LogP contribution >= 0.6 is 11.6 Å². The van der Waals surface area contributed by atoms with E-state index >= 15 is 0 Å². The lowest BCUT2D eigenvalue weighted by molar-refractivity contribution is 0.366. The Morgan fingerprint density at radius 1 is 1.25 bits per heavy atom. The Kier molecular flexibility index (Phi) is 4.86. The first-order valence-electron chi connectivity index (χ1n) is 6.04. The number of anilines is 1. The van der Waals surface area contributed by atoms with Gasteiger partial charge in [0.05, 0.1) is 5.02 Å². The smallest absolute Gasteiger partial charge is 0.148 e. The monoisotopic (exact) mass is 289 g/mol. The molecule has 0 aliphatic heterocycles. The van der Waals surface area contributed by atoms with E-state index in [0.717, 1.165) is 17.0 Å². The van der Waals surface area contributed by atoms with Crippen molar-refractivity contribution in [3.8, 4) is 18.1 Å². The minimum atomic E-state index is -0.435. The molecule has 0 spiro atoms. The fourth-order valence-corrected chi connectivity index (χ4v) is 1.89. The molecule has 0 amide bonds. The third-order valence-electron chi connectivity index (χ3n) is 2.69. The molecule has 2 rings (SSSR count). The van der Waals surface area contributed by atoms with Gasteiger partial charge in [0.1, 0.15) is 18.2 Å². The van der Waals surface area contributed by atoms with Crippen LogP contribution in [0.1, 0.15) is 5.56 Å². The van der Waals surface area contributed by atoms with Crippen molar-refractivity contribution in [2.24, 2.45) is 0 Å². The van der Waals surface area contributed by atoms with Gasteiger partial charge in [-0.15, -0.1) is 6.42 Å². The summed E-state index contributed by atoms with van der Waals surface area (Å²) < 4.78 is 18.5. The summed E-state index contributed by atoms with van der Waals surface area (Å²) in [5.41, 5.74) is 1.70. The van der Waals surface area contributed by atoms with Crippen LogP contribution in [0.4, 0.5) is 10.1 Å². The molecule has 102 valence electrons. The average Bonchev–Trinajstić information content (AvgIpc) is 2.47. The first-order chi connectivity index (χ1) is 9.70. The molecule has 0 aliphatic rings. The Balaban J connectivity index is 2.06. The number of terminal acetylenes is 1. The van der Waals surface area contributed by atoms with Crippen LogP contribution in [0.2, 0.25) is 5.02 Å². The van der Waals surface area contributed by atoms with E-state index in [1.807, 2.05) is 24.3 Å². The van der Waals surface area contributed by atoms with Gasteiger partial charge in [-0.1, -0.05) is 35.7 Å². The summed E-state index contributed by atoms with van der Waals surface area (Å²) in [5.74, 6) is 2.72. The number of nitrogens with one attached hydrogen (secondary N) is 1. The summed E-state index contributed by atoms with van der Waals surface area (Å²) in [6, 6.07) is 12.1. The standard InChI is InChI=1S/C16H13ClFNO/c1-2-9-20-16-6-4-3-5-12(16)11-19-13-7-8-15(18)14(17)10-13/h1,3-8,10,19H,9,11H2. The number of para-hydroxylation sites is 1. The number of benzene rings is 2. The number of hydrogen-bond donors (Lipinski definition) is 1. The molecule has 0 atom stereocenters. The third-order valence-corrected chi connectivity index (χ3v) is 2.98. The van der Waals surface area contributed by atoms with Crippen molar-refractivity contribution in [1.82, 2.24) is 0 Å². The van der Waals surface area contributed by atoms with Crippen molar-refractivity contribution in [2.75, 3.05) is 11.9 Å². The molecule has 4 heteroatoms. The Morgan fingerprint density at radius 3 is 2.80 bits per heavy atom. The Hall–Kier alpha value is -2.18. The average molecular weight is 290 g/mol. The summed E-state index contributed by atoms with van der Waals surface area (Å²) in [4.78, 5) is 0. The van der Waals surface area contributed by atoms with Gasteiger partial charge in [-0.2, -0.15) is 0 Å². The molecular weight excluding hydrogens is 277 g/mol. The number of rotatable bonds is 5. The van der Waals surface area contributed by atoms with Crippen molar-refractivity contribution in [2.45, 2.75) is 6.54 Å². The molecule has 0 unspecified atom stereocenters. The molecule has 1 N–H and O–H groups in total. The van der Waals surface area contributed by atoms with Crippen molar-refractivity contribution >= 4 is 17.3 Å². The lowest BCUT2D eigenvalue weighted by Gasteiger charge is -2.11. The molecule has 2 nitrogen and oxygen atoms in total. The van der Waals surface area contributed by atoms with E-state index in [0.29, 0.717) is 6.54 Å². The Bertz CT molecular complexity index is 637. The SMILES string of the molecule is C#CCOc1ccccc1CNc1ccc(F)c(Cl)c1. The van der Waals surface area contributed by atoms with E-state index in [9.17, 15) is 4.39 Å². The molecule has 0 aliphatic carbocycles. The second-order valence-electron chi connectivity index (χ2n) is 4.08. The van der Waals surface area contributed by atoms with Crippen LogP contribution in [-0.2, 0) is 6.54 Å². The molecule has 0 saturated heterocycles. The van der Waals surface area contributed by atoms with Crippen molar-refractivity contribution in [3.63, 3.8) is 0 Å². The third kappa shape index (κ3) is 3.66. The Morgan fingerprint density at radius 2 is 2.05 bits per heavy atom. The zero-order valence-corrected chi connectivity index (χ0v) is 11.5. The van der Waals surface area contributed by atoms with Crippen LogP contribution < -0.4 is 10.1 Å². The number of ether oxygens (including phenoxy) is 1. The lowest BCUT2D eigenvalue weighted by atomic mass is 10.2. The van der Waals surface area contributed by atoms with E-state index in [1.54, 1.807) is 12.1 Å². The van der Waals surface area contributed by atoms with Crippen LogP contribution in [0, 0.1) is 18.2 Å². The van der Waals surface area contributed by atoms with Gasteiger partial charge in [0, 0.05) is 17.8 Å². The maximum absolute atomic E-state index is 13.1. The van der Waals surface area contributed by atoms with Gasteiger partial charge in [-0.25, -0.2) is 4.39 Å². The summed E-state index contributed by atoms with van der Waals surface area (Å²) in [5, 5.41) is 3.25. The zero-order valence-electron chi connectivity index (χ0n) is 10.7. The highest BCUT2D eigenvalue weighted by Crippen LogP contribution is 2.22. The van der Waals surface area contributed by atoms with Crippen molar-refractivity contribution < 1.29 is 9.13 Å². The van der Waals surface area contributed by atoms with Crippen LogP contribution in [0.25, 0.3) is 0 Å². The second kappa shape index (κ2) is 6.83. The van der Waals surface area contributed by atoms with E-state index < -0.39 is 5.82 Å². The topological polar surface area (TPSA) is 21.3 Å². The predicted molar refractivity (Wildman–Crippen MR) is 79.5 cm³/mol. The summed E-state index contributed by atoms with van der Waals surface area (Å²) in [6.45, 7) is 0.752. The maximum atomic E-state index is 13.1. The largest absolute Gasteiger partial charge is 0.481 e. The fourth-order valence-electron chi connectivity index (χ4n) is 1.71. The quantitative estimate of drug-likeness (QED) is 0.837. The first-order valence-corrected chi connectivity index (χ1v) is 6.41. The summed E-state index contributed by atoms with van der Waals surface area (Å²) >= 11 is 5.73. The summed E-state index contributed by atoms with van der Waals surface area (Å²) in [7, 11) is 0. The first kappa shape index (κ1) is 14.2.